The first kappa shape index (κ1) is 9.38. The zero-order chi connectivity index (χ0) is 9.84. The first-order valence-electron chi connectivity index (χ1n) is 3.68. The smallest absolute Gasteiger partial charge is 0.256 e. The third-order valence-corrected chi connectivity index (χ3v) is 1.54. The van der Waals surface area contributed by atoms with E-state index in [9.17, 15) is 14.5 Å². The summed E-state index contributed by atoms with van der Waals surface area (Å²) in [5, 5.41) is 9.93. The molecule has 3 nitrogen and oxygen atoms in total. The Labute approximate surface area is 74.7 Å². The predicted molar refractivity (Wildman–Crippen MR) is 47.3 cm³/mol. The molecule has 0 radical (unpaired) electrons. The third-order valence-electron chi connectivity index (χ3n) is 1.54. The van der Waals surface area contributed by atoms with E-state index in [1.54, 1.807) is 24.3 Å². The van der Waals surface area contributed by atoms with Crippen LogP contribution in [-0.2, 0) is 0 Å². The lowest BCUT2D eigenvalue weighted by molar-refractivity contribution is -0.445. The standard InChI is InChI=1S/C9H8FNO2/c1-7-2-4-8(5-3-7)6-9(10)11(12)13/h2-6H,1H3. The van der Waals surface area contributed by atoms with Crippen molar-refractivity contribution >= 4 is 6.08 Å². The van der Waals surface area contributed by atoms with Gasteiger partial charge in [-0.1, -0.05) is 29.8 Å². The van der Waals surface area contributed by atoms with Gasteiger partial charge in [0.25, 0.3) is 0 Å². The number of aryl methyl sites for hydroxylation is 1. The van der Waals surface area contributed by atoms with E-state index in [2.05, 4.69) is 0 Å². The highest BCUT2D eigenvalue weighted by Crippen LogP contribution is 2.09. The highest BCUT2D eigenvalue weighted by molar-refractivity contribution is 5.49. The summed E-state index contributed by atoms with van der Waals surface area (Å²) in [6.07, 6.45) is 0.888. The maximum Gasteiger partial charge on any atom is 0.419 e. The highest BCUT2D eigenvalue weighted by Gasteiger charge is 2.06. The lowest BCUT2D eigenvalue weighted by atomic mass is 10.1. The van der Waals surface area contributed by atoms with E-state index in [0.717, 1.165) is 11.6 Å². The topological polar surface area (TPSA) is 43.1 Å². The lowest BCUT2D eigenvalue weighted by Crippen LogP contribution is -1.91. The molecule has 0 saturated carbocycles. The zero-order valence-electron chi connectivity index (χ0n) is 7.03. The number of nitrogens with zero attached hydrogens (tertiary/aromatic N) is 1. The first-order valence-corrected chi connectivity index (χ1v) is 3.68. The second-order valence-electron chi connectivity index (χ2n) is 2.63. The van der Waals surface area contributed by atoms with Crippen LogP contribution in [-0.4, -0.2) is 4.92 Å². The fourth-order valence-corrected chi connectivity index (χ4v) is 0.853. The van der Waals surface area contributed by atoms with Crippen molar-refractivity contribution in [1.29, 1.82) is 0 Å². The van der Waals surface area contributed by atoms with Gasteiger partial charge in [-0.2, -0.15) is 0 Å². The number of nitro groups is 1. The van der Waals surface area contributed by atoms with Crippen LogP contribution in [0.4, 0.5) is 4.39 Å². The Morgan fingerprint density at radius 1 is 1.46 bits per heavy atom. The fourth-order valence-electron chi connectivity index (χ4n) is 0.853. The molecule has 0 aliphatic carbocycles. The molecule has 0 aromatic heterocycles. The summed E-state index contributed by atoms with van der Waals surface area (Å²) in [7, 11) is 0. The SMILES string of the molecule is Cc1ccc(C=C(F)[N+](=O)[O-])cc1. The molecule has 0 aliphatic rings. The molecule has 0 atom stereocenters. The molecule has 0 N–H and O–H groups in total. The van der Waals surface area contributed by atoms with Gasteiger partial charge in [-0.25, -0.2) is 0 Å². The van der Waals surface area contributed by atoms with E-state index in [1.807, 2.05) is 6.92 Å². The molecular formula is C9H8FNO2. The average molecular weight is 181 g/mol. The van der Waals surface area contributed by atoms with E-state index in [0.29, 0.717) is 5.56 Å². The Morgan fingerprint density at radius 2 is 2.00 bits per heavy atom. The summed E-state index contributed by atoms with van der Waals surface area (Å²) < 4.78 is 12.5. The molecule has 0 fully saturated rings. The van der Waals surface area contributed by atoms with Gasteiger partial charge < -0.3 is 0 Å². The van der Waals surface area contributed by atoms with Crippen LogP contribution in [0.1, 0.15) is 11.1 Å². The van der Waals surface area contributed by atoms with Crippen molar-refractivity contribution in [3.8, 4) is 0 Å². The molecule has 0 saturated heterocycles. The van der Waals surface area contributed by atoms with Crippen molar-refractivity contribution in [1.82, 2.24) is 0 Å². The monoisotopic (exact) mass is 181 g/mol. The second-order valence-corrected chi connectivity index (χ2v) is 2.63. The molecule has 1 rings (SSSR count). The maximum atomic E-state index is 12.5. The Balaban J connectivity index is 2.92. The van der Waals surface area contributed by atoms with Gasteiger partial charge in [0.1, 0.15) is 0 Å². The second kappa shape index (κ2) is 3.80. The quantitative estimate of drug-likeness (QED) is 0.399. The maximum absolute atomic E-state index is 12.5. The zero-order valence-corrected chi connectivity index (χ0v) is 7.03. The van der Waals surface area contributed by atoms with Crippen LogP contribution in [0.5, 0.6) is 0 Å². The summed E-state index contributed by atoms with van der Waals surface area (Å²) >= 11 is 0. The molecule has 0 amide bonds. The van der Waals surface area contributed by atoms with Gasteiger partial charge in [-0.05, 0) is 12.5 Å². The highest BCUT2D eigenvalue weighted by atomic mass is 19.1. The molecule has 4 heteroatoms. The van der Waals surface area contributed by atoms with E-state index in [-0.39, 0.29) is 0 Å². The summed E-state index contributed by atoms with van der Waals surface area (Å²) in [6.45, 7) is 1.89. The largest absolute Gasteiger partial charge is 0.419 e. The van der Waals surface area contributed by atoms with Crippen LogP contribution in [0.2, 0.25) is 0 Å². The molecule has 0 heterocycles. The molecule has 13 heavy (non-hydrogen) atoms. The van der Waals surface area contributed by atoms with Crippen molar-refractivity contribution in [3.05, 3.63) is 51.5 Å². The van der Waals surface area contributed by atoms with Crippen LogP contribution in [0.3, 0.4) is 0 Å². The lowest BCUT2D eigenvalue weighted by Gasteiger charge is -1.92. The van der Waals surface area contributed by atoms with Crippen LogP contribution < -0.4 is 0 Å². The van der Waals surface area contributed by atoms with Crippen molar-refractivity contribution in [2.75, 3.05) is 0 Å². The molecular weight excluding hydrogens is 173 g/mol. The molecule has 0 aliphatic heterocycles. The Kier molecular flexibility index (Phi) is 2.74. The average Bonchev–Trinajstić information content (AvgIpc) is 2.08. The van der Waals surface area contributed by atoms with Crippen LogP contribution in [0, 0.1) is 17.0 Å². The number of rotatable bonds is 2. The van der Waals surface area contributed by atoms with Crippen LogP contribution in [0.15, 0.2) is 30.2 Å². The third kappa shape index (κ3) is 2.66. The van der Waals surface area contributed by atoms with Gasteiger partial charge in [0.2, 0.25) is 0 Å². The number of halogens is 1. The Hall–Kier alpha value is -1.71. The van der Waals surface area contributed by atoms with Crippen molar-refractivity contribution in [3.63, 3.8) is 0 Å². The van der Waals surface area contributed by atoms with Crippen molar-refractivity contribution in [2.45, 2.75) is 6.92 Å². The normalized spacial score (nSPS) is 11.4. The molecule has 0 spiro atoms. The summed E-state index contributed by atoms with van der Waals surface area (Å²) in [4.78, 5) is 8.88. The Morgan fingerprint density at radius 3 is 2.46 bits per heavy atom. The predicted octanol–water partition coefficient (Wildman–Crippen LogP) is 2.54. The van der Waals surface area contributed by atoms with E-state index >= 15 is 0 Å². The minimum absolute atomic E-state index is 0.486. The van der Waals surface area contributed by atoms with Gasteiger partial charge >= 0.3 is 5.95 Å². The van der Waals surface area contributed by atoms with E-state index in [4.69, 9.17) is 0 Å². The number of hydrogen-bond donors (Lipinski definition) is 0. The molecule has 1 aromatic carbocycles. The summed E-state index contributed by atoms with van der Waals surface area (Å²) in [5.74, 6) is -1.34. The van der Waals surface area contributed by atoms with Gasteiger partial charge in [0.05, 0.1) is 11.0 Å². The summed E-state index contributed by atoms with van der Waals surface area (Å²) in [5.41, 5.74) is 1.51. The molecule has 1 aromatic rings. The first-order chi connectivity index (χ1) is 6.09. The van der Waals surface area contributed by atoms with Gasteiger partial charge in [-0.15, -0.1) is 4.39 Å². The van der Waals surface area contributed by atoms with Crippen LogP contribution in [0.25, 0.3) is 6.08 Å². The van der Waals surface area contributed by atoms with Gasteiger partial charge in [0.15, 0.2) is 0 Å². The van der Waals surface area contributed by atoms with Crippen molar-refractivity contribution < 1.29 is 9.31 Å². The van der Waals surface area contributed by atoms with E-state index < -0.39 is 10.9 Å². The summed E-state index contributed by atoms with van der Waals surface area (Å²) in [6, 6.07) is 6.77. The minimum atomic E-state index is -1.34. The number of hydrogen-bond acceptors (Lipinski definition) is 2. The fraction of sp³-hybridized carbons (Fsp3) is 0.111. The van der Waals surface area contributed by atoms with Gasteiger partial charge in [-0.3, -0.25) is 10.1 Å². The van der Waals surface area contributed by atoms with Crippen LogP contribution >= 0.6 is 0 Å². The number of benzene rings is 1. The van der Waals surface area contributed by atoms with Crippen molar-refractivity contribution in [2.24, 2.45) is 0 Å². The molecule has 0 bridgehead atoms. The molecule has 0 unspecified atom stereocenters. The van der Waals surface area contributed by atoms with Gasteiger partial charge in [0, 0.05) is 0 Å². The molecule has 68 valence electrons. The Bertz CT molecular complexity index is 343. The van der Waals surface area contributed by atoms with E-state index in [1.165, 1.54) is 0 Å². The minimum Gasteiger partial charge on any atom is -0.256 e.